The van der Waals surface area contributed by atoms with Crippen molar-refractivity contribution in [3.8, 4) is 11.5 Å². The number of hydrogen-bond acceptors (Lipinski definition) is 7. The van der Waals surface area contributed by atoms with Crippen molar-refractivity contribution in [3.05, 3.63) is 58.5 Å². The smallest absolute Gasteiger partial charge is 0.308 e. The molecule has 10 heteroatoms. The van der Waals surface area contributed by atoms with E-state index >= 15 is 0 Å². The maximum absolute atomic E-state index is 13.3. The molecule has 1 fully saturated rings. The molecule has 200 valence electrons. The van der Waals surface area contributed by atoms with E-state index in [-0.39, 0.29) is 30.7 Å². The lowest BCUT2D eigenvalue weighted by Gasteiger charge is -2.29. The molecule has 1 N–H and O–H groups in total. The zero-order valence-electron chi connectivity index (χ0n) is 21.4. The van der Waals surface area contributed by atoms with Gasteiger partial charge in [-0.25, -0.2) is 5.06 Å². The Morgan fingerprint density at radius 2 is 1.95 bits per heavy atom. The van der Waals surface area contributed by atoms with Crippen LogP contribution < -0.4 is 15.0 Å². The summed E-state index contributed by atoms with van der Waals surface area (Å²) in [7, 11) is 0. The summed E-state index contributed by atoms with van der Waals surface area (Å²) in [6, 6.07) is 9.96. The molecule has 2 aromatic rings. The number of pyridine rings is 1. The van der Waals surface area contributed by atoms with Gasteiger partial charge in [-0.1, -0.05) is 26.0 Å². The lowest BCUT2D eigenvalue weighted by molar-refractivity contribution is -0.188. The maximum Gasteiger partial charge on any atom is 0.308 e. The van der Waals surface area contributed by atoms with E-state index in [1.54, 1.807) is 29.0 Å². The molecule has 2 aliphatic heterocycles. The number of amides is 1. The predicted octanol–water partition coefficient (Wildman–Crippen LogP) is 2.72. The number of ether oxygens (including phenoxy) is 2. The Balaban J connectivity index is 1.61. The first-order valence-electron chi connectivity index (χ1n) is 12.9. The molecule has 0 bridgehead atoms. The average Bonchev–Trinajstić information content (AvgIpc) is 3.50. The molecule has 3 atom stereocenters. The number of benzene rings is 1. The van der Waals surface area contributed by atoms with Gasteiger partial charge in [-0.05, 0) is 43.0 Å². The Morgan fingerprint density at radius 1 is 1.14 bits per heavy atom. The fraction of sp³-hybridized carbons (Fsp3) is 0.519. The van der Waals surface area contributed by atoms with Gasteiger partial charge in [0.25, 0.3) is 5.91 Å². The Bertz CT molecular complexity index is 1150. The van der Waals surface area contributed by atoms with E-state index in [0.717, 1.165) is 18.4 Å². The van der Waals surface area contributed by atoms with Crippen LogP contribution in [-0.4, -0.2) is 70.6 Å². The molecule has 1 amide bonds. The van der Waals surface area contributed by atoms with Gasteiger partial charge >= 0.3 is 5.97 Å². The number of fused-ring (bicyclic) bond motifs is 1. The van der Waals surface area contributed by atoms with Crippen molar-refractivity contribution in [2.24, 2.45) is 5.92 Å². The fourth-order valence-electron chi connectivity index (χ4n) is 5.17. The molecular formula is C27H35N3O7. The van der Waals surface area contributed by atoms with Gasteiger partial charge in [-0.2, -0.15) is 0 Å². The first-order chi connectivity index (χ1) is 17.9. The number of hydrogen-bond donors (Lipinski definition) is 1. The highest BCUT2D eigenvalue weighted by Crippen LogP contribution is 2.42. The molecule has 2 aliphatic rings. The lowest BCUT2D eigenvalue weighted by Crippen LogP contribution is -2.45. The Hall–Kier alpha value is -3.37. The van der Waals surface area contributed by atoms with Crippen LogP contribution in [-0.2, 0) is 21.0 Å². The number of aromatic nitrogens is 1. The summed E-state index contributed by atoms with van der Waals surface area (Å²) in [6.07, 6.45) is 3.62. The van der Waals surface area contributed by atoms with Crippen LogP contribution in [0.4, 0.5) is 0 Å². The van der Waals surface area contributed by atoms with Gasteiger partial charge in [0.15, 0.2) is 11.5 Å². The van der Waals surface area contributed by atoms with E-state index < -0.39 is 17.9 Å². The number of carbonyl (C=O) groups is 2. The minimum Gasteiger partial charge on any atom is -0.481 e. The number of rotatable bonds is 12. The Labute approximate surface area is 216 Å². The van der Waals surface area contributed by atoms with E-state index in [4.69, 9.17) is 14.3 Å². The maximum atomic E-state index is 13.3. The number of aryl methyl sites for hydroxylation is 1. The minimum atomic E-state index is -0.935. The van der Waals surface area contributed by atoms with Gasteiger partial charge in [-0.3, -0.25) is 24.1 Å². The topological polar surface area (TPSA) is 111 Å². The molecule has 0 spiro atoms. The van der Waals surface area contributed by atoms with Crippen molar-refractivity contribution in [2.45, 2.75) is 51.6 Å². The quantitative estimate of drug-likeness (QED) is 0.432. The number of likely N-dealkylation sites (tertiary alicyclic amines) is 1. The van der Waals surface area contributed by atoms with Crippen molar-refractivity contribution >= 4 is 11.9 Å². The third kappa shape index (κ3) is 6.14. The molecule has 37 heavy (non-hydrogen) atoms. The number of aliphatic carboxylic acids is 1. The van der Waals surface area contributed by atoms with Crippen LogP contribution in [0, 0.1) is 5.92 Å². The monoisotopic (exact) mass is 513 g/mol. The van der Waals surface area contributed by atoms with Crippen molar-refractivity contribution in [2.75, 3.05) is 33.0 Å². The zero-order valence-corrected chi connectivity index (χ0v) is 21.4. The van der Waals surface area contributed by atoms with Gasteiger partial charge in [0, 0.05) is 43.9 Å². The summed E-state index contributed by atoms with van der Waals surface area (Å²) in [5.41, 5.74) is 0.672. The summed E-state index contributed by atoms with van der Waals surface area (Å²) in [6.45, 7) is 5.73. The molecular weight excluding hydrogens is 478 g/mol. The number of nitrogens with zero attached hydrogens (tertiary/aromatic N) is 3. The van der Waals surface area contributed by atoms with Gasteiger partial charge in [0.1, 0.15) is 0 Å². The van der Waals surface area contributed by atoms with Crippen LogP contribution in [0.5, 0.6) is 11.5 Å². The van der Waals surface area contributed by atoms with E-state index in [1.807, 2.05) is 30.9 Å². The summed E-state index contributed by atoms with van der Waals surface area (Å²) in [5, 5.41) is 11.7. The first kappa shape index (κ1) is 26.7. The second kappa shape index (κ2) is 12.2. The Kier molecular flexibility index (Phi) is 8.83. The minimum absolute atomic E-state index is 0.0307. The highest BCUT2D eigenvalue weighted by Gasteiger charge is 2.47. The number of carboxylic acids is 1. The first-order valence-corrected chi connectivity index (χ1v) is 12.9. The zero-order chi connectivity index (χ0) is 26.4. The van der Waals surface area contributed by atoms with Crippen molar-refractivity contribution in [1.82, 2.24) is 14.5 Å². The molecule has 0 saturated carbocycles. The molecule has 1 aromatic heterocycles. The number of carbonyl (C=O) groups excluding carboxylic acids is 1. The summed E-state index contributed by atoms with van der Waals surface area (Å²) in [4.78, 5) is 45.8. The standard InChI is InChI=1S/C27H35N3O7/c1-3-11-30(37-14-4-2)25(32)17-29-16-20(19-8-9-22-23(15-19)36-18-35-22)26(27(33)34)21(29)10-13-28-12-6-5-7-24(28)31/h5-9,12,15,20-21,26H,3-4,10-11,13-14,16-18H2,1-2H3,(H,33,34). The van der Waals surface area contributed by atoms with Crippen molar-refractivity contribution in [1.29, 1.82) is 0 Å². The Morgan fingerprint density at radius 3 is 2.68 bits per heavy atom. The van der Waals surface area contributed by atoms with Crippen LogP contribution in [0.15, 0.2) is 47.4 Å². The van der Waals surface area contributed by atoms with E-state index in [0.29, 0.717) is 44.2 Å². The van der Waals surface area contributed by atoms with E-state index in [9.17, 15) is 19.5 Å². The van der Waals surface area contributed by atoms with Crippen molar-refractivity contribution in [3.63, 3.8) is 0 Å². The van der Waals surface area contributed by atoms with Gasteiger partial charge in [0.2, 0.25) is 12.4 Å². The molecule has 0 radical (unpaired) electrons. The van der Waals surface area contributed by atoms with Crippen LogP contribution in [0.1, 0.15) is 44.6 Å². The fourth-order valence-corrected chi connectivity index (χ4v) is 5.17. The lowest BCUT2D eigenvalue weighted by atomic mass is 9.84. The number of hydroxylamine groups is 2. The second-order valence-corrected chi connectivity index (χ2v) is 9.43. The van der Waals surface area contributed by atoms with Crippen molar-refractivity contribution < 1.29 is 29.0 Å². The summed E-state index contributed by atoms with van der Waals surface area (Å²) in [5.74, 6) is -1.06. The summed E-state index contributed by atoms with van der Waals surface area (Å²) >= 11 is 0. The largest absolute Gasteiger partial charge is 0.481 e. The normalized spacial score (nSPS) is 20.8. The van der Waals surface area contributed by atoms with Crippen LogP contribution >= 0.6 is 0 Å². The van der Waals surface area contributed by atoms with Crippen LogP contribution in [0.25, 0.3) is 0 Å². The third-order valence-corrected chi connectivity index (χ3v) is 6.92. The molecule has 4 rings (SSSR count). The van der Waals surface area contributed by atoms with E-state index in [2.05, 4.69) is 0 Å². The van der Waals surface area contributed by atoms with Gasteiger partial charge in [0.05, 0.1) is 19.1 Å². The SMILES string of the molecule is CCCON(CCC)C(=O)CN1CC(c2ccc3c(c2)OCO3)C(C(=O)O)C1CCn1ccccc1=O. The highest BCUT2D eigenvalue weighted by atomic mass is 16.7. The molecule has 0 aliphatic carbocycles. The molecule has 3 heterocycles. The van der Waals surface area contributed by atoms with Gasteiger partial charge in [-0.15, -0.1) is 0 Å². The molecule has 1 saturated heterocycles. The highest BCUT2D eigenvalue weighted by molar-refractivity contribution is 5.78. The predicted molar refractivity (Wildman–Crippen MR) is 135 cm³/mol. The second-order valence-electron chi connectivity index (χ2n) is 9.43. The third-order valence-electron chi connectivity index (χ3n) is 6.92. The summed E-state index contributed by atoms with van der Waals surface area (Å²) < 4.78 is 12.5. The number of carboxylic acid groups (broad SMARTS) is 1. The molecule has 10 nitrogen and oxygen atoms in total. The van der Waals surface area contributed by atoms with Crippen LogP contribution in [0.3, 0.4) is 0 Å². The molecule has 1 aromatic carbocycles. The average molecular weight is 514 g/mol. The van der Waals surface area contributed by atoms with Crippen LogP contribution in [0.2, 0.25) is 0 Å². The van der Waals surface area contributed by atoms with Gasteiger partial charge < -0.3 is 19.1 Å². The van der Waals surface area contributed by atoms with E-state index in [1.165, 1.54) is 11.1 Å². The molecule has 3 unspecified atom stereocenters.